The van der Waals surface area contributed by atoms with Gasteiger partial charge in [0, 0.05) is 16.4 Å². The fourth-order valence-corrected chi connectivity index (χ4v) is 6.11. The summed E-state index contributed by atoms with van der Waals surface area (Å²) in [6, 6.07) is 8.19. The minimum absolute atomic E-state index is 0.220. The van der Waals surface area contributed by atoms with Gasteiger partial charge in [-0.2, -0.15) is 0 Å². The summed E-state index contributed by atoms with van der Waals surface area (Å²) in [6.45, 7) is 0. The van der Waals surface area contributed by atoms with Crippen LogP contribution in [0.3, 0.4) is 0 Å². The van der Waals surface area contributed by atoms with Crippen LogP contribution in [0.15, 0.2) is 28.7 Å². The number of aldehydes is 1. The topological polar surface area (TPSA) is 30.2 Å². The summed E-state index contributed by atoms with van der Waals surface area (Å²) in [5, 5.41) is 1.18. The van der Waals surface area contributed by atoms with Gasteiger partial charge < -0.3 is 4.42 Å². The Bertz CT molecular complexity index is 689. The van der Waals surface area contributed by atoms with Gasteiger partial charge in [0.15, 0.2) is 12.0 Å². The summed E-state index contributed by atoms with van der Waals surface area (Å²) < 4.78 is 5.87. The van der Waals surface area contributed by atoms with E-state index in [1.165, 1.54) is 49.5 Å². The molecule has 0 unspecified atom stereocenters. The van der Waals surface area contributed by atoms with Crippen molar-refractivity contribution in [3.63, 3.8) is 0 Å². The molecule has 2 heteroatoms. The summed E-state index contributed by atoms with van der Waals surface area (Å²) >= 11 is 0. The maximum absolute atomic E-state index is 11.6. The molecule has 2 aromatic rings. The summed E-state index contributed by atoms with van der Waals surface area (Å²) in [5.74, 6) is 3.23. The molecule has 108 valence electrons. The van der Waals surface area contributed by atoms with Crippen LogP contribution in [-0.2, 0) is 5.41 Å². The number of carbonyl (C=O) groups is 1. The van der Waals surface area contributed by atoms with Crippen LogP contribution in [0.2, 0.25) is 0 Å². The van der Waals surface area contributed by atoms with Crippen LogP contribution >= 0.6 is 0 Å². The predicted octanol–water partition coefficient (Wildman–Crippen LogP) is 4.71. The van der Waals surface area contributed by atoms with Crippen LogP contribution in [-0.4, -0.2) is 6.29 Å². The van der Waals surface area contributed by atoms with Crippen molar-refractivity contribution in [1.29, 1.82) is 0 Å². The van der Waals surface area contributed by atoms with Crippen LogP contribution in [0.5, 0.6) is 0 Å². The molecule has 1 heterocycles. The molecule has 4 fully saturated rings. The van der Waals surface area contributed by atoms with E-state index in [1.54, 1.807) is 0 Å². The number of hydrogen-bond acceptors (Lipinski definition) is 2. The van der Waals surface area contributed by atoms with E-state index in [1.807, 2.05) is 12.1 Å². The van der Waals surface area contributed by atoms with E-state index in [-0.39, 0.29) is 5.41 Å². The second-order valence-electron chi connectivity index (χ2n) is 7.65. The Morgan fingerprint density at radius 1 is 1.00 bits per heavy atom. The van der Waals surface area contributed by atoms with Crippen LogP contribution in [0.4, 0.5) is 0 Å². The van der Waals surface area contributed by atoms with Crippen molar-refractivity contribution in [1.82, 2.24) is 0 Å². The van der Waals surface area contributed by atoms with Crippen molar-refractivity contribution in [2.45, 2.75) is 43.9 Å². The van der Waals surface area contributed by atoms with E-state index in [0.717, 1.165) is 29.6 Å². The van der Waals surface area contributed by atoms with E-state index in [9.17, 15) is 4.79 Å². The van der Waals surface area contributed by atoms with Gasteiger partial charge in [0.2, 0.25) is 0 Å². The van der Waals surface area contributed by atoms with Crippen LogP contribution in [0.25, 0.3) is 11.0 Å². The third-order valence-electron chi connectivity index (χ3n) is 6.30. The molecule has 0 N–H and O–H groups in total. The summed E-state index contributed by atoms with van der Waals surface area (Å²) in [6.07, 6.45) is 9.01. The zero-order chi connectivity index (χ0) is 14.0. The molecular weight excluding hydrogens is 260 g/mol. The first-order valence-corrected chi connectivity index (χ1v) is 8.24. The molecule has 1 aromatic heterocycles. The lowest BCUT2D eigenvalue weighted by Gasteiger charge is -2.56. The van der Waals surface area contributed by atoms with Gasteiger partial charge in [-0.3, -0.25) is 4.79 Å². The SMILES string of the molecule is O=Cc1oc2ccccc2c1C12CC3CC(CC(C3)C1)C2. The second-order valence-corrected chi connectivity index (χ2v) is 7.65. The van der Waals surface area contributed by atoms with Gasteiger partial charge in [0.1, 0.15) is 5.58 Å². The lowest BCUT2D eigenvalue weighted by Crippen LogP contribution is -2.48. The van der Waals surface area contributed by atoms with Gasteiger partial charge in [-0.05, 0) is 62.3 Å². The number of para-hydroxylation sites is 1. The highest BCUT2D eigenvalue weighted by atomic mass is 16.3. The van der Waals surface area contributed by atoms with Crippen molar-refractivity contribution < 1.29 is 9.21 Å². The molecule has 0 spiro atoms. The van der Waals surface area contributed by atoms with Crippen molar-refractivity contribution >= 4 is 17.3 Å². The smallest absolute Gasteiger partial charge is 0.185 e. The monoisotopic (exact) mass is 280 g/mol. The first-order chi connectivity index (χ1) is 10.3. The first kappa shape index (κ1) is 12.0. The molecule has 1 aromatic carbocycles. The normalized spacial score (nSPS) is 37.2. The third-order valence-corrected chi connectivity index (χ3v) is 6.30. The highest BCUT2D eigenvalue weighted by Crippen LogP contribution is 2.62. The molecule has 0 amide bonds. The van der Waals surface area contributed by atoms with Crippen molar-refractivity contribution in [2.75, 3.05) is 0 Å². The average Bonchev–Trinajstić information content (AvgIpc) is 2.85. The van der Waals surface area contributed by atoms with E-state index in [0.29, 0.717) is 5.76 Å². The first-order valence-electron chi connectivity index (χ1n) is 8.24. The Morgan fingerprint density at radius 2 is 1.62 bits per heavy atom. The van der Waals surface area contributed by atoms with Crippen LogP contribution in [0.1, 0.15) is 54.6 Å². The van der Waals surface area contributed by atoms with Gasteiger partial charge in [0.05, 0.1) is 0 Å². The van der Waals surface area contributed by atoms with Gasteiger partial charge in [0.25, 0.3) is 0 Å². The molecule has 4 saturated carbocycles. The van der Waals surface area contributed by atoms with Gasteiger partial charge in [-0.25, -0.2) is 0 Å². The van der Waals surface area contributed by atoms with E-state index in [2.05, 4.69) is 12.1 Å². The lowest BCUT2D eigenvalue weighted by atomic mass is 9.48. The molecule has 4 bridgehead atoms. The molecule has 0 atom stereocenters. The molecule has 0 radical (unpaired) electrons. The molecule has 0 aliphatic heterocycles. The average molecular weight is 280 g/mol. The van der Waals surface area contributed by atoms with Crippen LogP contribution < -0.4 is 0 Å². The Kier molecular flexibility index (Phi) is 2.29. The number of hydrogen-bond donors (Lipinski definition) is 0. The Morgan fingerprint density at radius 3 is 2.24 bits per heavy atom. The number of fused-ring (bicyclic) bond motifs is 1. The maximum atomic E-state index is 11.6. The zero-order valence-electron chi connectivity index (χ0n) is 12.2. The minimum Gasteiger partial charge on any atom is -0.453 e. The Balaban J connectivity index is 1.75. The van der Waals surface area contributed by atoms with Crippen molar-refractivity contribution in [3.8, 4) is 0 Å². The summed E-state index contributed by atoms with van der Waals surface area (Å²) in [4.78, 5) is 11.6. The van der Waals surface area contributed by atoms with Gasteiger partial charge in [-0.15, -0.1) is 0 Å². The second kappa shape index (κ2) is 4.00. The quantitative estimate of drug-likeness (QED) is 0.745. The number of carbonyl (C=O) groups excluding carboxylic acids is 1. The van der Waals surface area contributed by atoms with Crippen molar-refractivity contribution in [2.24, 2.45) is 17.8 Å². The molecule has 4 aliphatic carbocycles. The lowest BCUT2D eigenvalue weighted by molar-refractivity contribution is -0.00515. The standard InChI is InChI=1S/C19H20O2/c20-11-17-18(15-3-1-2-4-16(15)21-17)19-8-12-5-13(9-19)7-14(6-12)10-19/h1-4,11-14H,5-10H2. The zero-order valence-corrected chi connectivity index (χ0v) is 12.2. The van der Waals surface area contributed by atoms with Crippen LogP contribution in [0, 0.1) is 17.8 Å². The number of furan rings is 1. The van der Waals surface area contributed by atoms with E-state index < -0.39 is 0 Å². The Labute approximate surface area is 124 Å². The van der Waals surface area contributed by atoms with Gasteiger partial charge in [-0.1, -0.05) is 18.2 Å². The highest BCUT2D eigenvalue weighted by Gasteiger charge is 2.53. The number of rotatable bonds is 2. The molecule has 0 saturated heterocycles. The molecule has 2 nitrogen and oxygen atoms in total. The third kappa shape index (κ3) is 1.56. The number of benzene rings is 1. The fourth-order valence-electron chi connectivity index (χ4n) is 6.11. The summed E-state index contributed by atoms with van der Waals surface area (Å²) in [5.41, 5.74) is 2.34. The largest absolute Gasteiger partial charge is 0.453 e. The van der Waals surface area contributed by atoms with E-state index >= 15 is 0 Å². The minimum atomic E-state index is 0.220. The maximum Gasteiger partial charge on any atom is 0.185 e. The van der Waals surface area contributed by atoms with Gasteiger partial charge >= 0.3 is 0 Å². The summed E-state index contributed by atoms with van der Waals surface area (Å²) in [7, 11) is 0. The fraction of sp³-hybridized carbons (Fsp3) is 0.526. The molecular formula is C19H20O2. The Hall–Kier alpha value is -1.57. The molecule has 21 heavy (non-hydrogen) atoms. The van der Waals surface area contributed by atoms with Crippen molar-refractivity contribution in [3.05, 3.63) is 35.6 Å². The predicted molar refractivity (Wildman–Crippen MR) is 81.5 cm³/mol. The molecule has 6 rings (SSSR count). The molecule has 4 aliphatic rings. The highest BCUT2D eigenvalue weighted by molar-refractivity contribution is 5.91. The van der Waals surface area contributed by atoms with E-state index in [4.69, 9.17) is 4.42 Å².